The summed E-state index contributed by atoms with van der Waals surface area (Å²) >= 11 is 0. The van der Waals surface area contributed by atoms with Crippen molar-refractivity contribution in [1.82, 2.24) is 0 Å². The number of hydrogen-bond acceptors (Lipinski definition) is 2. The lowest BCUT2D eigenvalue weighted by Crippen LogP contribution is -2.29. The van der Waals surface area contributed by atoms with Crippen molar-refractivity contribution < 1.29 is 14.6 Å². The van der Waals surface area contributed by atoms with Crippen LogP contribution >= 0.6 is 0 Å². The van der Waals surface area contributed by atoms with E-state index in [4.69, 9.17) is 9.84 Å². The molecule has 3 heteroatoms. The van der Waals surface area contributed by atoms with Gasteiger partial charge in [-0.1, -0.05) is 6.92 Å². The lowest BCUT2D eigenvalue weighted by molar-refractivity contribution is -0.149. The number of aliphatic carboxylic acids is 1. The Hall–Kier alpha value is -0.570. The van der Waals surface area contributed by atoms with Crippen LogP contribution in [-0.2, 0) is 9.53 Å². The molecule has 0 aliphatic carbocycles. The summed E-state index contributed by atoms with van der Waals surface area (Å²) in [7, 11) is 0. The highest BCUT2D eigenvalue weighted by atomic mass is 16.5. The minimum atomic E-state index is -0.679. The monoisotopic (exact) mass is 186 g/mol. The molecule has 0 radical (unpaired) electrons. The third kappa shape index (κ3) is 2.44. The van der Waals surface area contributed by atoms with Crippen LogP contribution in [0.15, 0.2) is 0 Å². The molecule has 1 N–H and O–H groups in total. The SMILES string of the molecule is CCC(C)(CC1CCOC1)C(=O)O. The molecule has 0 aromatic heterocycles. The second kappa shape index (κ2) is 4.09. The van der Waals surface area contributed by atoms with Gasteiger partial charge in [0.1, 0.15) is 0 Å². The zero-order valence-corrected chi connectivity index (χ0v) is 8.38. The summed E-state index contributed by atoms with van der Waals surface area (Å²) in [4.78, 5) is 11.0. The largest absolute Gasteiger partial charge is 0.481 e. The summed E-state index contributed by atoms with van der Waals surface area (Å²) in [6, 6.07) is 0. The Morgan fingerprint density at radius 2 is 2.38 bits per heavy atom. The van der Waals surface area contributed by atoms with Crippen LogP contribution in [0.4, 0.5) is 0 Å². The Labute approximate surface area is 79.1 Å². The molecule has 13 heavy (non-hydrogen) atoms. The molecule has 1 fully saturated rings. The third-order valence-corrected chi connectivity index (χ3v) is 3.06. The second-order valence-corrected chi connectivity index (χ2v) is 4.15. The van der Waals surface area contributed by atoms with Gasteiger partial charge in [-0.2, -0.15) is 0 Å². The van der Waals surface area contributed by atoms with Crippen molar-refractivity contribution >= 4 is 5.97 Å². The van der Waals surface area contributed by atoms with Crippen LogP contribution in [0.3, 0.4) is 0 Å². The highest BCUT2D eigenvalue weighted by Gasteiger charge is 2.34. The molecule has 1 aliphatic rings. The van der Waals surface area contributed by atoms with Gasteiger partial charge in [-0.3, -0.25) is 4.79 Å². The summed E-state index contributed by atoms with van der Waals surface area (Å²) in [5.41, 5.74) is -0.557. The molecule has 2 atom stereocenters. The summed E-state index contributed by atoms with van der Waals surface area (Å²) < 4.78 is 5.23. The van der Waals surface area contributed by atoms with Gasteiger partial charge in [0.15, 0.2) is 0 Å². The van der Waals surface area contributed by atoms with Gasteiger partial charge < -0.3 is 9.84 Å². The molecule has 0 spiro atoms. The topological polar surface area (TPSA) is 46.5 Å². The molecule has 0 saturated carbocycles. The Morgan fingerprint density at radius 3 is 2.77 bits per heavy atom. The van der Waals surface area contributed by atoms with Crippen LogP contribution in [0.25, 0.3) is 0 Å². The van der Waals surface area contributed by atoms with Gasteiger partial charge in [0.25, 0.3) is 0 Å². The number of ether oxygens (including phenoxy) is 1. The standard InChI is InChI=1S/C10H18O3/c1-3-10(2,9(11)12)6-8-4-5-13-7-8/h8H,3-7H2,1-2H3,(H,11,12). The van der Waals surface area contributed by atoms with E-state index in [0.29, 0.717) is 12.3 Å². The zero-order chi connectivity index (χ0) is 9.90. The quantitative estimate of drug-likeness (QED) is 0.729. The molecule has 2 unspecified atom stereocenters. The molecule has 76 valence electrons. The van der Waals surface area contributed by atoms with E-state index in [2.05, 4.69) is 0 Å². The first-order valence-electron chi connectivity index (χ1n) is 4.89. The van der Waals surface area contributed by atoms with Crippen LogP contribution in [0.5, 0.6) is 0 Å². The number of carboxylic acids is 1. The van der Waals surface area contributed by atoms with Crippen molar-refractivity contribution in [2.24, 2.45) is 11.3 Å². The average molecular weight is 186 g/mol. The van der Waals surface area contributed by atoms with E-state index >= 15 is 0 Å². The number of carbonyl (C=O) groups is 1. The third-order valence-electron chi connectivity index (χ3n) is 3.06. The molecule has 1 heterocycles. The second-order valence-electron chi connectivity index (χ2n) is 4.15. The first kappa shape index (κ1) is 10.5. The van der Waals surface area contributed by atoms with Crippen LogP contribution in [0.2, 0.25) is 0 Å². The van der Waals surface area contributed by atoms with Crippen molar-refractivity contribution in [2.45, 2.75) is 33.1 Å². The molecule has 1 rings (SSSR count). The molecular formula is C10H18O3. The maximum atomic E-state index is 11.0. The summed E-state index contributed by atoms with van der Waals surface area (Å²) in [6.07, 6.45) is 2.46. The Balaban J connectivity index is 2.51. The van der Waals surface area contributed by atoms with E-state index in [-0.39, 0.29) is 0 Å². The smallest absolute Gasteiger partial charge is 0.309 e. The van der Waals surface area contributed by atoms with Gasteiger partial charge in [-0.05, 0) is 32.1 Å². The minimum Gasteiger partial charge on any atom is -0.481 e. The van der Waals surface area contributed by atoms with Crippen LogP contribution in [0, 0.1) is 11.3 Å². The van der Waals surface area contributed by atoms with E-state index < -0.39 is 11.4 Å². The molecule has 0 aromatic carbocycles. The predicted octanol–water partition coefficient (Wildman–Crippen LogP) is 1.91. The molecule has 0 aromatic rings. The van der Waals surface area contributed by atoms with Gasteiger partial charge in [-0.15, -0.1) is 0 Å². The maximum absolute atomic E-state index is 11.0. The molecule has 1 aliphatic heterocycles. The molecule has 0 amide bonds. The van der Waals surface area contributed by atoms with E-state index in [1.807, 2.05) is 13.8 Å². The van der Waals surface area contributed by atoms with Crippen molar-refractivity contribution in [2.75, 3.05) is 13.2 Å². The van der Waals surface area contributed by atoms with Gasteiger partial charge in [-0.25, -0.2) is 0 Å². The van der Waals surface area contributed by atoms with E-state index in [1.165, 1.54) is 0 Å². The first-order chi connectivity index (χ1) is 6.08. The fourth-order valence-corrected chi connectivity index (χ4v) is 1.76. The number of rotatable bonds is 4. The Morgan fingerprint density at radius 1 is 1.69 bits per heavy atom. The molecule has 1 saturated heterocycles. The van der Waals surface area contributed by atoms with Crippen molar-refractivity contribution in [1.29, 1.82) is 0 Å². The van der Waals surface area contributed by atoms with E-state index in [1.54, 1.807) is 0 Å². The highest BCUT2D eigenvalue weighted by molar-refractivity contribution is 5.74. The summed E-state index contributed by atoms with van der Waals surface area (Å²) in [6.45, 7) is 5.30. The Kier molecular flexibility index (Phi) is 3.31. The van der Waals surface area contributed by atoms with Gasteiger partial charge in [0.2, 0.25) is 0 Å². The highest BCUT2D eigenvalue weighted by Crippen LogP contribution is 2.33. The minimum absolute atomic E-state index is 0.445. The van der Waals surface area contributed by atoms with Crippen LogP contribution < -0.4 is 0 Å². The maximum Gasteiger partial charge on any atom is 0.309 e. The zero-order valence-electron chi connectivity index (χ0n) is 8.38. The average Bonchev–Trinajstić information content (AvgIpc) is 2.56. The van der Waals surface area contributed by atoms with Crippen molar-refractivity contribution in [3.8, 4) is 0 Å². The molecule has 3 nitrogen and oxygen atoms in total. The summed E-state index contributed by atoms with van der Waals surface area (Å²) in [5, 5.41) is 9.05. The van der Waals surface area contributed by atoms with Gasteiger partial charge in [0, 0.05) is 13.2 Å². The lowest BCUT2D eigenvalue weighted by Gasteiger charge is -2.25. The van der Waals surface area contributed by atoms with Crippen LogP contribution in [-0.4, -0.2) is 24.3 Å². The van der Waals surface area contributed by atoms with Gasteiger partial charge >= 0.3 is 5.97 Å². The summed E-state index contributed by atoms with van der Waals surface area (Å²) in [5.74, 6) is -0.233. The van der Waals surface area contributed by atoms with Crippen molar-refractivity contribution in [3.05, 3.63) is 0 Å². The van der Waals surface area contributed by atoms with Crippen molar-refractivity contribution in [3.63, 3.8) is 0 Å². The van der Waals surface area contributed by atoms with Crippen LogP contribution in [0.1, 0.15) is 33.1 Å². The number of hydrogen-bond donors (Lipinski definition) is 1. The first-order valence-corrected chi connectivity index (χ1v) is 4.89. The lowest BCUT2D eigenvalue weighted by atomic mass is 9.78. The predicted molar refractivity (Wildman–Crippen MR) is 49.6 cm³/mol. The molecule has 0 bridgehead atoms. The van der Waals surface area contributed by atoms with E-state index in [0.717, 1.165) is 26.1 Å². The van der Waals surface area contributed by atoms with E-state index in [9.17, 15) is 4.79 Å². The molecular weight excluding hydrogens is 168 g/mol. The van der Waals surface area contributed by atoms with Gasteiger partial charge in [0.05, 0.1) is 5.41 Å². The fourth-order valence-electron chi connectivity index (χ4n) is 1.76. The normalized spacial score (nSPS) is 27.1. The number of carboxylic acid groups (broad SMARTS) is 1. The fraction of sp³-hybridized carbons (Fsp3) is 0.900. The Bertz CT molecular complexity index is 185.